The van der Waals surface area contributed by atoms with E-state index in [2.05, 4.69) is 0 Å². The van der Waals surface area contributed by atoms with Crippen molar-refractivity contribution in [3.05, 3.63) is 99.5 Å². The summed E-state index contributed by atoms with van der Waals surface area (Å²) in [6, 6.07) is 18.5. The van der Waals surface area contributed by atoms with E-state index in [-0.39, 0.29) is 18.1 Å². The average molecular weight is 460 g/mol. The Hall–Kier alpha value is -3.91. The predicted molar refractivity (Wildman–Crippen MR) is 123 cm³/mol. The van der Waals surface area contributed by atoms with Crippen molar-refractivity contribution in [3.63, 3.8) is 0 Å². The van der Waals surface area contributed by atoms with E-state index in [1.54, 1.807) is 9.47 Å². The number of pyridine rings is 1. The smallest absolute Gasteiger partial charge is 0.341 e. The Balaban J connectivity index is 1.66. The van der Waals surface area contributed by atoms with Crippen molar-refractivity contribution in [1.29, 1.82) is 0 Å². The van der Waals surface area contributed by atoms with Crippen LogP contribution in [0.15, 0.2) is 71.7 Å². The van der Waals surface area contributed by atoms with Crippen molar-refractivity contribution in [2.45, 2.75) is 31.7 Å². The highest BCUT2D eigenvalue weighted by Crippen LogP contribution is 2.36. The van der Waals surface area contributed by atoms with Crippen LogP contribution >= 0.6 is 0 Å². The first kappa shape index (κ1) is 21.9. The molecule has 8 nitrogen and oxygen atoms in total. The maximum absolute atomic E-state index is 13.6. The minimum absolute atomic E-state index is 0.0305. The van der Waals surface area contributed by atoms with Gasteiger partial charge in [0.05, 0.1) is 12.6 Å². The van der Waals surface area contributed by atoms with Crippen LogP contribution in [-0.4, -0.2) is 45.8 Å². The van der Waals surface area contributed by atoms with E-state index in [1.165, 1.54) is 6.20 Å². The normalized spacial score (nSPS) is 19.3. The summed E-state index contributed by atoms with van der Waals surface area (Å²) in [6.45, 7) is 1.02. The first-order valence-electron chi connectivity index (χ1n) is 11.2. The number of ether oxygens (including phenoxy) is 2. The van der Waals surface area contributed by atoms with E-state index in [9.17, 15) is 19.5 Å². The van der Waals surface area contributed by atoms with Gasteiger partial charge in [-0.3, -0.25) is 9.59 Å². The van der Waals surface area contributed by atoms with Crippen molar-refractivity contribution in [3.8, 4) is 5.75 Å². The minimum Gasteiger partial charge on any atom is -0.483 e. The first-order chi connectivity index (χ1) is 16.5. The molecule has 2 aliphatic heterocycles. The van der Waals surface area contributed by atoms with Gasteiger partial charge in [-0.15, -0.1) is 0 Å². The van der Waals surface area contributed by atoms with Crippen molar-refractivity contribution >= 4 is 11.9 Å². The summed E-state index contributed by atoms with van der Waals surface area (Å²) in [5.41, 5.74) is 0.613. The van der Waals surface area contributed by atoms with Crippen molar-refractivity contribution < 1.29 is 24.2 Å². The number of aromatic carboxylic acids is 1. The largest absolute Gasteiger partial charge is 0.483 e. The van der Waals surface area contributed by atoms with Crippen LogP contribution in [0.1, 0.15) is 44.4 Å². The monoisotopic (exact) mass is 460 g/mol. The number of hydrogen-bond acceptors (Lipinski definition) is 5. The summed E-state index contributed by atoms with van der Waals surface area (Å²) in [6.07, 6.45) is 1.86. The molecule has 34 heavy (non-hydrogen) atoms. The van der Waals surface area contributed by atoms with Gasteiger partial charge in [-0.05, 0) is 24.0 Å². The van der Waals surface area contributed by atoms with Crippen molar-refractivity contribution in [1.82, 2.24) is 9.47 Å². The van der Waals surface area contributed by atoms with E-state index in [4.69, 9.17) is 9.47 Å². The lowest BCUT2D eigenvalue weighted by atomic mass is 9.98. The molecule has 2 atom stereocenters. The molecule has 8 heteroatoms. The topological polar surface area (TPSA) is 98.1 Å². The highest BCUT2D eigenvalue weighted by atomic mass is 16.5. The Morgan fingerprint density at radius 3 is 2.38 bits per heavy atom. The Labute approximate surface area is 196 Å². The van der Waals surface area contributed by atoms with Crippen LogP contribution in [0.2, 0.25) is 0 Å². The molecule has 1 aromatic heterocycles. The number of fused-ring (bicyclic) bond motifs is 2. The Morgan fingerprint density at radius 2 is 1.71 bits per heavy atom. The number of nitrogens with zero attached hydrogens (tertiary/aromatic N) is 2. The van der Waals surface area contributed by atoms with Crippen LogP contribution in [0.3, 0.4) is 0 Å². The van der Waals surface area contributed by atoms with Gasteiger partial charge in [-0.1, -0.05) is 60.7 Å². The SMILES string of the molecule is O=C(O)c1cn2c(c(OCc3ccccc3)c1=O)C(=O)N1CCCO[C@H]1[C@@H]2Cc1ccccc1. The zero-order valence-corrected chi connectivity index (χ0v) is 18.4. The number of benzene rings is 2. The summed E-state index contributed by atoms with van der Waals surface area (Å²) in [7, 11) is 0. The molecule has 3 heterocycles. The molecule has 0 radical (unpaired) electrons. The van der Waals surface area contributed by atoms with Gasteiger partial charge in [0.1, 0.15) is 12.2 Å². The molecule has 1 amide bonds. The van der Waals surface area contributed by atoms with Gasteiger partial charge < -0.3 is 24.0 Å². The lowest BCUT2D eigenvalue weighted by molar-refractivity contribution is -0.111. The molecule has 174 valence electrons. The minimum atomic E-state index is -1.37. The average Bonchev–Trinajstić information content (AvgIpc) is 2.86. The molecule has 1 fully saturated rings. The number of carboxylic acid groups (broad SMARTS) is 1. The van der Waals surface area contributed by atoms with E-state index in [0.29, 0.717) is 26.0 Å². The highest BCUT2D eigenvalue weighted by Gasteiger charge is 2.44. The quantitative estimate of drug-likeness (QED) is 0.607. The Kier molecular flexibility index (Phi) is 5.90. The van der Waals surface area contributed by atoms with Gasteiger partial charge >= 0.3 is 5.97 Å². The number of carbonyl (C=O) groups excluding carboxylic acids is 1. The molecule has 0 spiro atoms. The molecule has 1 N–H and O–H groups in total. The van der Waals surface area contributed by atoms with E-state index < -0.39 is 35.1 Å². The number of amides is 1. The van der Waals surface area contributed by atoms with Gasteiger partial charge in [0.2, 0.25) is 5.43 Å². The maximum atomic E-state index is 13.6. The number of rotatable bonds is 6. The first-order valence-corrected chi connectivity index (χ1v) is 11.2. The summed E-state index contributed by atoms with van der Waals surface area (Å²) >= 11 is 0. The molecule has 5 rings (SSSR count). The second kappa shape index (κ2) is 9.15. The standard InChI is InChI=1S/C26H24N2O6/c29-22-19(26(31)32)15-28-20(14-17-8-3-1-4-9-17)25-27(12-7-13-33-25)24(30)21(28)23(22)34-16-18-10-5-2-6-11-18/h1-6,8-11,15,20,25H,7,12-14,16H2,(H,31,32)/t20-,25-/m0/s1. The van der Waals surface area contributed by atoms with Crippen molar-refractivity contribution in [2.24, 2.45) is 0 Å². The third-order valence-corrected chi connectivity index (χ3v) is 6.23. The summed E-state index contributed by atoms with van der Waals surface area (Å²) in [5, 5.41) is 9.76. The van der Waals surface area contributed by atoms with Gasteiger partial charge in [0, 0.05) is 12.7 Å². The lowest BCUT2D eigenvalue weighted by Crippen LogP contribution is -2.56. The molecule has 0 aliphatic carbocycles. The van der Waals surface area contributed by atoms with Gasteiger partial charge in [-0.2, -0.15) is 0 Å². The second-order valence-corrected chi connectivity index (χ2v) is 8.41. The zero-order valence-electron chi connectivity index (χ0n) is 18.4. The van der Waals surface area contributed by atoms with Crippen LogP contribution in [0, 0.1) is 0 Å². The lowest BCUT2D eigenvalue weighted by Gasteiger charge is -2.45. The van der Waals surface area contributed by atoms with Crippen LogP contribution in [0.25, 0.3) is 0 Å². The molecule has 2 aliphatic rings. The molecule has 2 aromatic carbocycles. The molecule has 3 aromatic rings. The highest BCUT2D eigenvalue weighted by molar-refractivity contribution is 5.98. The van der Waals surface area contributed by atoms with Crippen LogP contribution in [-0.2, 0) is 17.8 Å². The molecule has 0 saturated carbocycles. The van der Waals surface area contributed by atoms with E-state index >= 15 is 0 Å². The van der Waals surface area contributed by atoms with Crippen molar-refractivity contribution in [2.75, 3.05) is 13.2 Å². The second-order valence-electron chi connectivity index (χ2n) is 8.41. The van der Waals surface area contributed by atoms with Crippen LogP contribution in [0.4, 0.5) is 0 Å². The number of carboxylic acids is 1. The molecule has 0 unspecified atom stereocenters. The fraction of sp³-hybridized carbons (Fsp3) is 0.269. The van der Waals surface area contributed by atoms with Crippen LogP contribution < -0.4 is 10.2 Å². The summed E-state index contributed by atoms with van der Waals surface area (Å²) in [4.78, 5) is 40.3. The third-order valence-electron chi connectivity index (χ3n) is 6.23. The Bertz CT molecular complexity index is 1270. The molecule has 1 saturated heterocycles. The number of aromatic nitrogens is 1. The van der Waals surface area contributed by atoms with E-state index in [0.717, 1.165) is 11.1 Å². The molecular weight excluding hydrogens is 436 g/mol. The fourth-order valence-electron chi connectivity index (χ4n) is 4.61. The fourth-order valence-corrected chi connectivity index (χ4v) is 4.61. The number of carbonyl (C=O) groups is 2. The zero-order chi connectivity index (χ0) is 23.7. The summed E-state index contributed by atoms with van der Waals surface area (Å²) in [5.74, 6) is -2.01. The molecular formula is C26H24N2O6. The Morgan fingerprint density at radius 1 is 1.03 bits per heavy atom. The predicted octanol–water partition coefficient (Wildman–Crippen LogP) is 3.11. The molecule has 0 bridgehead atoms. The third kappa shape index (κ3) is 3.97. The van der Waals surface area contributed by atoms with Gasteiger partial charge in [0.15, 0.2) is 17.7 Å². The summed E-state index contributed by atoms with van der Waals surface area (Å²) < 4.78 is 13.5. The maximum Gasteiger partial charge on any atom is 0.341 e. The van der Waals surface area contributed by atoms with Gasteiger partial charge in [-0.25, -0.2) is 4.79 Å². The van der Waals surface area contributed by atoms with Crippen LogP contribution in [0.5, 0.6) is 5.75 Å². The van der Waals surface area contributed by atoms with Gasteiger partial charge in [0.25, 0.3) is 5.91 Å². The van der Waals surface area contributed by atoms with E-state index in [1.807, 2.05) is 60.7 Å². The number of hydrogen-bond donors (Lipinski definition) is 1.